The third-order valence-corrected chi connectivity index (χ3v) is 1.57. The second-order valence-corrected chi connectivity index (χ2v) is 2.35. The van der Waals surface area contributed by atoms with Gasteiger partial charge < -0.3 is 5.11 Å². The molecule has 0 unspecified atom stereocenters. The topological polar surface area (TPSA) is 20.2 Å². The van der Waals surface area contributed by atoms with Crippen molar-refractivity contribution in [1.82, 2.24) is 0 Å². The lowest BCUT2D eigenvalue weighted by Crippen LogP contribution is -1.84. The lowest BCUT2D eigenvalue weighted by Gasteiger charge is -2.01. The quantitative estimate of drug-likeness (QED) is 0.655. The van der Waals surface area contributed by atoms with Gasteiger partial charge in [0.2, 0.25) is 0 Å². The fourth-order valence-corrected chi connectivity index (χ4v) is 0.803. The molecule has 58 valence electrons. The number of hydrogen-bond acceptors (Lipinski definition) is 1. The molecule has 0 aliphatic rings. The van der Waals surface area contributed by atoms with Crippen molar-refractivity contribution in [2.24, 2.45) is 0 Å². The van der Waals surface area contributed by atoms with Crippen LogP contribution in [0.1, 0.15) is 11.1 Å². The molecule has 1 N–H and O–H groups in total. The van der Waals surface area contributed by atoms with Gasteiger partial charge in [-0.3, -0.25) is 0 Å². The minimum atomic E-state index is -0.403. The molecule has 0 spiro atoms. The first kappa shape index (κ1) is 7.79. The number of halogens is 1. The van der Waals surface area contributed by atoms with E-state index in [4.69, 9.17) is 5.11 Å². The monoisotopic (exact) mass is 152 g/mol. The standard InChI is InChI=1S/C9H9FO/c1-3-7-4-8(10)6(2)9(11)5-7/h3-5,11H,1H2,2H3. The van der Waals surface area contributed by atoms with E-state index in [-0.39, 0.29) is 11.3 Å². The van der Waals surface area contributed by atoms with Gasteiger partial charge >= 0.3 is 0 Å². The maximum atomic E-state index is 12.8. The van der Waals surface area contributed by atoms with Gasteiger partial charge in [0.1, 0.15) is 11.6 Å². The highest BCUT2D eigenvalue weighted by atomic mass is 19.1. The average Bonchev–Trinajstić information content (AvgIpc) is 1.99. The molecule has 0 heterocycles. The third kappa shape index (κ3) is 1.40. The van der Waals surface area contributed by atoms with Gasteiger partial charge in [-0.25, -0.2) is 4.39 Å². The summed E-state index contributed by atoms with van der Waals surface area (Å²) < 4.78 is 12.8. The summed E-state index contributed by atoms with van der Waals surface area (Å²) in [5.41, 5.74) is 0.862. The van der Waals surface area contributed by atoms with Gasteiger partial charge in [0.25, 0.3) is 0 Å². The summed E-state index contributed by atoms with van der Waals surface area (Å²) in [6.07, 6.45) is 1.49. The van der Waals surface area contributed by atoms with E-state index in [0.717, 1.165) is 0 Å². The lowest BCUT2D eigenvalue weighted by molar-refractivity contribution is 0.463. The van der Waals surface area contributed by atoms with Crippen molar-refractivity contribution >= 4 is 6.08 Å². The molecule has 0 atom stereocenters. The molecule has 1 rings (SSSR count). The van der Waals surface area contributed by atoms with Crippen molar-refractivity contribution in [3.05, 3.63) is 35.7 Å². The van der Waals surface area contributed by atoms with Crippen molar-refractivity contribution in [1.29, 1.82) is 0 Å². The van der Waals surface area contributed by atoms with Crippen LogP contribution in [0.4, 0.5) is 4.39 Å². The van der Waals surface area contributed by atoms with Crippen molar-refractivity contribution in [3.63, 3.8) is 0 Å². The molecule has 0 aliphatic carbocycles. The molecule has 0 aliphatic heterocycles. The van der Waals surface area contributed by atoms with Crippen molar-refractivity contribution < 1.29 is 9.50 Å². The molecule has 11 heavy (non-hydrogen) atoms. The van der Waals surface area contributed by atoms with Crippen LogP contribution in [0.3, 0.4) is 0 Å². The van der Waals surface area contributed by atoms with Crippen LogP contribution < -0.4 is 0 Å². The zero-order chi connectivity index (χ0) is 8.43. The Kier molecular flexibility index (Phi) is 1.94. The Morgan fingerprint density at radius 1 is 1.55 bits per heavy atom. The molecule has 1 aromatic carbocycles. The van der Waals surface area contributed by atoms with Crippen molar-refractivity contribution in [3.8, 4) is 5.75 Å². The Labute approximate surface area is 64.8 Å². The third-order valence-electron chi connectivity index (χ3n) is 1.57. The van der Waals surface area contributed by atoms with Gasteiger partial charge in [-0.1, -0.05) is 12.7 Å². The van der Waals surface area contributed by atoms with E-state index in [1.807, 2.05) is 0 Å². The summed E-state index contributed by atoms with van der Waals surface area (Å²) in [4.78, 5) is 0. The molecule has 1 nitrogen and oxygen atoms in total. The van der Waals surface area contributed by atoms with E-state index in [1.54, 1.807) is 0 Å². The van der Waals surface area contributed by atoms with Crippen LogP contribution in [0.5, 0.6) is 5.75 Å². The molecule has 0 amide bonds. The molecule has 0 bridgehead atoms. The first-order chi connectivity index (χ1) is 5.15. The minimum Gasteiger partial charge on any atom is -0.508 e. The average molecular weight is 152 g/mol. The summed E-state index contributed by atoms with van der Waals surface area (Å²) in [7, 11) is 0. The van der Waals surface area contributed by atoms with Gasteiger partial charge in [-0.05, 0) is 24.6 Å². The number of phenols is 1. The van der Waals surface area contributed by atoms with Gasteiger partial charge in [0.15, 0.2) is 0 Å². The van der Waals surface area contributed by atoms with Crippen LogP contribution in [-0.2, 0) is 0 Å². The number of hydrogen-bond donors (Lipinski definition) is 1. The molecular formula is C9H9FO. The molecule has 0 aromatic heterocycles. The Morgan fingerprint density at radius 2 is 2.18 bits per heavy atom. The Bertz CT molecular complexity index is 269. The smallest absolute Gasteiger partial charge is 0.130 e. The molecule has 1 aromatic rings. The maximum Gasteiger partial charge on any atom is 0.130 e. The molecule has 0 saturated heterocycles. The van der Waals surface area contributed by atoms with E-state index in [0.29, 0.717) is 5.56 Å². The van der Waals surface area contributed by atoms with Gasteiger partial charge in [0, 0.05) is 5.56 Å². The van der Waals surface area contributed by atoms with Gasteiger partial charge in [-0.15, -0.1) is 0 Å². The summed E-state index contributed by atoms with van der Waals surface area (Å²) in [5, 5.41) is 9.12. The van der Waals surface area contributed by atoms with Crippen LogP contribution in [0.25, 0.3) is 6.08 Å². The lowest BCUT2D eigenvalue weighted by atomic mass is 10.1. The van der Waals surface area contributed by atoms with Crippen LogP contribution in [-0.4, -0.2) is 5.11 Å². The zero-order valence-electron chi connectivity index (χ0n) is 6.26. The fourth-order valence-electron chi connectivity index (χ4n) is 0.803. The summed E-state index contributed by atoms with van der Waals surface area (Å²) in [5.74, 6) is -0.431. The van der Waals surface area contributed by atoms with Crippen LogP contribution >= 0.6 is 0 Å². The van der Waals surface area contributed by atoms with Crippen LogP contribution in [0.2, 0.25) is 0 Å². The van der Waals surface area contributed by atoms with E-state index >= 15 is 0 Å². The minimum absolute atomic E-state index is 0.0279. The van der Waals surface area contributed by atoms with Crippen LogP contribution in [0.15, 0.2) is 18.7 Å². The number of phenolic OH excluding ortho intramolecular Hbond substituents is 1. The largest absolute Gasteiger partial charge is 0.508 e. The second-order valence-electron chi connectivity index (χ2n) is 2.35. The predicted octanol–water partition coefficient (Wildman–Crippen LogP) is 2.48. The first-order valence-electron chi connectivity index (χ1n) is 3.26. The maximum absolute atomic E-state index is 12.8. The molecule has 2 heteroatoms. The fraction of sp³-hybridized carbons (Fsp3) is 0.111. The Balaban J connectivity index is 3.31. The zero-order valence-corrected chi connectivity index (χ0v) is 6.26. The molecule has 0 fully saturated rings. The summed E-state index contributed by atoms with van der Waals surface area (Å²) in [6.45, 7) is 4.99. The molecule has 0 saturated carbocycles. The highest BCUT2D eigenvalue weighted by Crippen LogP contribution is 2.21. The number of benzene rings is 1. The predicted molar refractivity (Wildman–Crippen MR) is 42.9 cm³/mol. The summed E-state index contributed by atoms with van der Waals surface area (Å²) >= 11 is 0. The summed E-state index contributed by atoms with van der Waals surface area (Å²) in [6, 6.07) is 2.81. The highest BCUT2D eigenvalue weighted by molar-refractivity contribution is 5.51. The van der Waals surface area contributed by atoms with Gasteiger partial charge in [0.05, 0.1) is 0 Å². The highest BCUT2D eigenvalue weighted by Gasteiger charge is 2.02. The van der Waals surface area contributed by atoms with E-state index in [9.17, 15) is 4.39 Å². The Hall–Kier alpha value is -1.31. The number of aromatic hydroxyl groups is 1. The SMILES string of the molecule is C=Cc1cc(O)c(C)c(F)c1. The number of rotatable bonds is 1. The van der Waals surface area contributed by atoms with E-state index in [2.05, 4.69) is 6.58 Å². The molecular weight excluding hydrogens is 143 g/mol. The van der Waals surface area contributed by atoms with Crippen molar-refractivity contribution in [2.45, 2.75) is 6.92 Å². The molecule has 0 radical (unpaired) electrons. The Morgan fingerprint density at radius 3 is 2.64 bits per heavy atom. The van der Waals surface area contributed by atoms with Gasteiger partial charge in [-0.2, -0.15) is 0 Å². The van der Waals surface area contributed by atoms with Crippen LogP contribution in [0, 0.1) is 12.7 Å². The first-order valence-corrected chi connectivity index (χ1v) is 3.26. The van der Waals surface area contributed by atoms with E-state index in [1.165, 1.54) is 25.1 Å². The normalized spacial score (nSPS) is 9.64. The second kappa shape index (κ2) is 2.74. The van der Waals surface area contributed by atoms with E-state index < -0.39 is 5.82 Å². The van der Waals surface area contributed by atoms with Crippen molar-refractivity contribution in [2.75, 3.05) is 0 Å².